The lowest BCUT2D eigenvalue weighted by Crippen LogP contribution is -2.42. The van der Waals surface area contributed by atoms with Crippen LogP contribution in [0, 0.1) is 22.6 Å². The van der Waals surface area contributed by atoms with Crippen molar-refractivity contribution in [2.45, 2.75) is 33.1 Å². The van der Waals surface area contributed by atoms with Gasteiger partial charge in [0.2, 0.25) is 5.91 Å². The van der Waals surface area contributed by atoms with Crippen molar-refractivity contribution >= 4 is 5.91 Å². The first-order valence-electron chi connectivity index (χ1n) is 6.15. The van der Waals surface area contributed by atoms with E-state index in [9.17, 15) is 9.18 Å². The lowest BCUT2D eigenvalue weighted by atomic mass is 9.84. The van der Waals surface area contributed by atoms with Crippen LogP contribution in [-0.4, -0.2) is 12.5 Å². The van der Waals surface area contributed by atoms with E-state index in [-0.39, 0.29) is 11.7 Å². The highest BCUT2D eigenvalue weighted by Crippen LogP contribution is 2.23. The van der Waals surface area contributed by atoms with Gasteiger partial charge in [0.05, 0.1) is 6.07 Å². The van der Waals surface area contributed by atoms with Crippen LogP contribution in [-0.2, 0) is 10.2 Å². The summed E-state index contributed by atoms with van der Waals surface area (Å²) < 4.78 is 13.2. The van der Waals surface area contributed by atoms with Crippen molar-refractivity contribution in [3.63, 3.8) is 0 Å². The highest BCUT2D eigenvalue weighted by atomic mass is 19.1. The maximum atomic E-state index is 13.2. The molecule has 1 aromatic rings. The SMILES string of the molecule is CC(C)(C#N)C(=O)NCC(C)(C)c1cccc(F)c1. The molecule has 1 aromatic carbocycles. The van der Waals surface area contributed by atoms with Gasteiger partial charge in [-0.15, -0.1) is 0 Å². The van der Waals surface area contributed by atoms with Crippen LogP contribution in [0.1, 0.15) is 33.3 Å². The Morgan fingerprint density at radius 3 is 2.53 bits per heavy atom. The summed E-state index contributed by atoms with van der Waals surface area (Å²) in [4.78, 5) is 11.8. The zero-order chi connectivity index (χ0) is 14.7. The molecule has 0 aliphatic heterocycles. The third-order valence-corrected chi connectivity index (χ3v) is 3.14. The molecule has 0 aliphatic rings. The van der Waals surface area contributed by atoms with E-state index in [0.717, 1.165) is 5.56 Å². The van der Waals surface area contributed by atoms with Crippen molar-refractivity contribution in [3.8, 4) is 6.07 Å². The summed E-state index contributed by atoms with van der Waals surface area (Å²) in [5.41, 5.74) is -0.649. The van der Waals surface area contributed by atoms with Crippen molar-refractivity contribution in [1.82, 2.24) is 5.32 Å². The molecule has 1 rings (SSSR count). The Balaban J connectivity index is 2.77. The number of carbonyl (C=O) groups excluding carboxylic acids is 1. The largest absolute Gasteiger partial charge is 0.354 e. The molecule has 0 fully saturated rings. The molecule has 1 N–H and O–H groups in total. The Morgan fingerprint density at radius 2 is 2.00 bits per heavy atom. The van der Waals surface area contributed by atoms with Crippen LogP contribution in [0.2, 0.25) is 0 Å². The molecule has 0 radical (unpaired) electrons. The third-order valence-electron chi connectivity index (χ3n) is 3.14. The van der Waals surface area contributed by atoms with Crippen molar-refractivity contribution in [1.29, 1.82) is 5.26 Å². The van der Waals surface area contributed by atoms with E-state index < -0.39 is 10.8 Å². The minimum atomic E-state index is -1.06. The standard InChI is InChI=1S/C15H19FN2O/c1-14(2,9-17)13(19)18-10-15(3,4)11-6-5-7-12(16)8-11/h5-8H,10H2,1-4H3,(H,18,19). The van der Waals surface area contributed by atoms with E-state index in [1.807, 2.05) is 26.0 Å². The lowest BCUT2D eigenvalue weighted by Gasteiger charge is -2.27. The molecule has 4 heteroatoms. The maximum absolute atomic E-state index is 13.2. The number of amides is 1. The number of carbonyl (C=O) groups is 1. The van der Waals surface area contributed by atoms with Crippen LogP contribution in [0.25, 0.3) is 0 Å². The summed E-state index contributed by atoms with van der Waals surface area (Å²) in [6, 6.07) is 8.27. The van der Waals surface area contributed by atoms with Gasteiger partial charge in [-0.05, 0) is 31.5 Å². The summed E-state index contributed by atoms with van der Waals surface area (Å²) in [7, 11) is 0. The first-order valence-corrected chi connectivity index (χ1v) is 6.15. The fourth-order valence-electron chi connectivity index (χ4n) is 1.58. The Bertz CT molecular complexity index is 515. The molecule has 0 saturated heterocycles. The van der Waals surface area contributed by atoms with Gasteiger partial charge in [-0.2, -0.15) is 5.26 Å². The molecule has 0 aliphatic carbocycles. The van der Waals surface area contributed by atoms with Gasteiger partial charge in [0.25, 0.3) is 0 Å². The van der Waals surface area contributed by atoms with Crippen LogP contribution in [0.4, 0.5) is 4.39 Å². The molecule has 0 heterocycles. The Morgan fingerprint density at radius 1 is 1.37 bits per heavy atom. The summed E-state index contributed by atoms with van der Waals surface area (Å²) in [6.07, 6.45) is 0. The number of nitrogens with one attached hydrogen (secondary N) is 1. The van der Waals surface area contributed by atoms with Crippen molar-refractivity contribution in [2.24, 2.45) is 5.41 Å². The van der Waals surface area contributed by atoms with Crippen LogP contribution in [0.3, 0.4) is 0 Å². The molecule has 3 nitrogen and oxygen atoms in total. The quantitative estimate of drug-likeness (QED) is 0.907. The Kier molecular flexibility index (Phi) is 4.31. The number of rotatable bonds is 4. The van der Waals surface area contributed by atoms with Crippen LogP contribution in [0.5, 0.6) is 0 Å². The fraction of sp³-hybridized carbons (Fsp3) is 0.467. The van der Waals surface area contributed by atoms with E-state index in [2.05, 4.69) is 5.32 Å². The predicted molar refractivity (Wildman–Crippen MR) is 71.8 cm³/mol. The van der Waals surface area contributed by atoms with Crippen molar-refractivity contribution in [3.05, 3.63) is 35.6 Å². The van der Waals surface area contributed by atoms with Gasteiger partial charge < -0.3 is 5.32 Å². The lowest BCUT2D eigenvalue weighted by molar-refractivity contribution is -0.127. The van der Waals surface area contributed by atoms with Crippen molar-refractivity contribution < 1.29 is 9.18 Å². The van der Waals surface area contributed by atoms with Gasteiger partial charge in [-0.3, -0.25) is 4.79 Å². The summed E-state index contributed by atoms with van der Waals surface area (Å²) in [5.74, 6) is -0.617. The second-order valence-corrected chi connectivity index (χ2v) is 5.81. The number of halogens is 1. The van der Waals surface area contributed by atoms with E-state index in [1.54, 1.807) is 19.9 Å². The van der Waals surface area contributed by atoms with E-state index >= 15 is 0 Å². The minimum Gasteiger partial charge on any atom is -0.354 e. The van der Waals surface area contributed by atoms with E-state index in [1.165, 1.54) is 12.1 Å². The van der Waals surface area contributed by atoms with Gasteiger partial charge in [-0.1, -0.05) is 26.0 Å². The average Bonchev–Trinajstić information content (AvgIpc) is 2.36. The minimum absolute atomic E-state index is 0.297. The maximum Gasteiger partial charge on any atom is 0.239 e. The van der Waals surface area contributed by atoms with E-state index in [4.69, 9.17) is 5.26 Å². The van der Waals surface area contributed by atoms with Crippen molar-refractivity contribution in [2.75, 3.05) is 6.54 Å². The monoisotopic (exact) mass is 262 g/mol. The van der Waals surface area contributed by atoms with Crippen LogP contribution in [0.15, 0.2) is 24.3 Å². The number of hydrogen-bond donors (Lipinski definition) is 1. The Hall–Kier alpha value is -1.89. The molecule has 0 aromatic heterocycles. The number of nitriles is 1. The second kappa shape index (κ2) is 5.40. The summed E-state index contributed by atoms with van der Waals surface area (Å²) >= 11 is 0. The van der Waals surface area contributed by atoms with Gasteiger partial charge >= 0.3 is 0 Å². The highest BCUT2D eigenvalue weighted by Gasteiger charge is 2.29. The zero-order valence-electron chi connectivity index (χ0n) is 11.7. The predicted octanol–water partition coefficient (Wildman–Crippen LogP) is 2.77. The van der Waals surface area contributed by atoms with E-state index in [0.29, 0.717) is 6.54 Å². The average molecular weight is 262 g/mol. The molecule has 0 bridgehead atoms. The molecule has 1 amide bonds. The fourth-order valence-corrected chi connectivity index (χ4v) is 1.58. The molecule has 0 atom stereocenters. The van der Waals surface area contributed by atoms with Crippen LogP contribution >= 0.6 is 0 Å². The normalized spacial score (nSPS) is 11.8. The van der Waals surface area contributed by atoms with Crippen LogP contribution < -0.4 is 5.32 Å². The third kappa shape index (κ3) is 3.78. The number of nitrogens with zero attached hydrogens (tertiary/aromatic N) is 1. The van der Waals surface area contributed by atoms with Gasteiger partial charge in [-0.25, -0.2) is 4.39 Å². The topological polar surface area (TPSA) is 52.9 Å². The molecule has 0 unspecified atom stereocenters. The highest BCUT2D eigenvalue weighted by molar-refractivity contribution is 5.84. The van der Waals surface area contributed by atoms with Gasteiger partial charge in [0.1, 0.15) is 11.2 Å². The first-order chi connectivity index (χ1) is 8.69. The molecular weight excluding hydrogens is 243 g/mol. The zero-order valence-corrected chi connectivity index (χ0v) is 11.7. The smallest absolute Gasteiger partial charge is 0.239 e. The molecular formula is C15H19FN2O. The van der Waals surface area contributed by atoms with Gasteiger partial charge in [0.15, 0.2) is 0 Å². The number of hydrogen-bond acceptors (Lipinski definition) is 2. The summed E-state index contributed by atoms with van der Waals surface area (Å²) in [5, 5.41) is 11.6. The summed E-state index contributed by atoms with van der Waals surface area (Å²) in [6.45, 7) is 7.32. The molecule has 0 spiro atoms. The first kappa shape index (κ1) is 15.2. The second-order valence-electron chi connectivity index (χ2n) is 5.81. The van der Waals surface area contributed by atoms with Gasteiger partial charge in [0, 0.05) is 12.0 Å². The molecule has 102 valence electrons. The molecule has 0 saturated carbocycles. The number of benzene rings is 1. The molecule has 19 heavy (non-hydrogen) atoms. The Labute approximate surface area is 113 Å².